The van der Waals surface area contributed by atoms with E-state index in [0.717, 1.165) is 10.7 Å². The topological polar surface area (TPSA) is 29.5 Å². The zero-order valence-electron chi connectivity index (χ0n) is 10.2. The molecule has 1 amide bonds. The molecule has 0 radical (unpaired) electrons. The van der Waals surface area contributed by atoms with Gasteiger partial charge in [0.25, 0.3) is 11.9 Å². The second-order valence-electron chi connectivity index (χ2n) is 4.19. The first-order valence-electron chi connectivity index (χ1n) is 5.88. The summed E-state index contributed by atoms with van der Waals surface area (Å²) in [6.45, 7) is 0. The van der Waals surface area contributed by atoms with E-state index in [-0.39, 0.29) is 5.91 Å². The third kappa shape index (κ3) is 2.32. The maximum Gasteiger partial charge on any atom is 0.295 e. The molecule has 0 atom stereocenters. The van der Waals surface area contributed by atoms with Crippen molar-refractivity contribution in [1.29, 1.82) is 0 Å². The summed E-state index contributed by atoms with van der Waals surface area (Å²) in [6, 6.07) is 12.9. The zero-order valence-corrected chi connectivity index (χ0v) is 11.8. The highest BCUT2D eigenvalue weighted by Gasteiger charge is 2.24. The first kappa shape index (κ1) is 12.9. The van der Waals surface area contributed by atoms with Gasteiger partial charge < -0.3 is 4.74 Å². The van der Waals surface area contributed by atoms with E-state index < -0.39 is 6.01 Å². The van der Waals surface area contributed by atoms with Crippen LogP contribution in [0.4, 0.5) is 10.1 Å². The number of carbonyl (C=O) groups excluding carboxylic acids is 1. The molecule has 0 saturated heterocycles. The monoisotopic (exact) mass is 333 g/mol. The first-order valence-corrected chi connectivity index (χ1v) is 6.68. The van der Waals surface area contributed by atoms with Crippen LogP contribution in [-0.2, 0) is 0 Å². The Bertz CT molecular complexity index is 697. The number of hydrogen-bond acceptors (Lipinski definition) is 2. The Balaban J connectivity index is 2.02. The van der Waals surface area contributed by atoms with Crippen LogP contribution in [0.15, 0.2) is 65.2 Å². The molecule has 0 bridgehead atoms. The molecule has 2 aromatic carbocycles. The molecule has 1 heterocycles. The van der Waals surface area contributed by atoms with E-state index in [0.29, 0.717) is 17.0 Å². The Kier molecular flexibility index (Phi) is 3.28. The van der Waals surface area contributed by atoms with Gasteiger partial charge in [-0.2, -0.15) is 4.39 Å². The summed E-state index contributed by atoms with van der Waals surface area (Å²) in [5.74, 6) is 0.00126. The van der Waals surface area contributed by atoms with Gasteiger partial charge >= 0.3 is 0 Å². The molecule has 0 fully saturated rings. The van der Waals surface area contributed by atoms with Crippen LogP contribution >= 0.6 is 15.9 Å². The van der Waals surface area contributed by atoms with Gasteiger partial charge in [-0.1, -0.05) is 28.1 Å². The SMILES string of the molecule is O=C(c1ccc(Br)cc1)N1C=C(F)Oc2ccccc21. The van der Waals surface area contributed by atoms with E-state index in [9.17, 15) is 9.18 Å². The second-order valence-corrected chi connectivity index (χ2v) is 5.10. The van der Waals surface area contributed by atoms with Gasteiger partial charge in [0.05, 0.1) is 11.9 Å². The predicted molar refractivity (Wildman–Crippen MR) is 77.2 cm³/mol. The van der Waals surface area contributed by atoms with Crippen molar-refractivity contribution in [2.45, 2.75) is 0 Å². The largest absolute Gasteiger partial charge is 0.428 e. The predicted octanol–water partition coefficient (Wildman–Crippen LogP) is 4.26. The second kappa shape index (κ2) is 5.09. The molecule has 1 aliphatic rings. The molecule has 1 aliphatic heterocycles. The maximum absolute atomic E-state index is 13.5. The van der Waals surface area contributed by atoms with Crippen LogP contribution in [0.3, 0.4) is 0 Å². The Hall–Kier alpha value is -2.14. The van der Waals surface area contributed by atoms with Gasteiger partial charge in [-0.15, -0.1) is 0 Å². The Morgan fingerprint density at radius 3 is 2.55 bits per heavy atom. The first-order chi connectivity index (χ1) is 9.65. The number of anilines is 1. The van der Waals surface area contributed by atoms with Crippen molar-refractivity contribution in [3.63, 3.8) is 0 Å². The lowest BCUT2D eigenvalue weighted by molar-refractivity contribution is 0.0992. The van der Waals surface area contributed by atoms with Crippen LogP contribution in [-0.4, -0.2) is 5.91 Å². The molecular formula is C15H9BrFNO2. The lowest BCUT2D eigenvalue weighted by atomic mass is 10.1. The van der Waals surface area contributed by atoms with Crippen molar-refractivity contribution in [3.05, 3.63) is 70.8 Å². The van der Waals surface area contributed by atoms with Gasteiger partial charge in [0.15, 0.2) is 5.75 Å². The molecule has 20 heavy (non-hydrogen) atoms. The van der Waals surface area contributed by atoms with Crippen LogP contribution < -0.4 is 9.64 Å². The van der Waals surface area contributed by atoms with Crippen LogP contribution in [0.2, 0.25) is 0 Å². The highest BCUT2D eigenvalue weighted by Crippen LogP contribution is 2.35. The number of halogens is 2. The highest BCUT2D eigenvalue weighted by atomic mass is 79.9. The number of fused-ring (bicyclic) bond motifs is 1. The fourth-order valence-corrected chi connectivity index (χ4v) is 2.21. The molecule has 3 nitrogen and oxygen atoms in total. The van der Waals surface area contributed by atoms with Gasteiger partial charge in [0.2, 0.25) is 0 Å². The lowest BCUT2D eigenvalue weighted by Gasteiger charge is -2.24. The summed E-state index contributed by atoms with van der Waals surface area (Å²) in [6.07, 6.45) is 1.05. The van der Waals surface area contributed by atoms with E-state index in [4.69, 9.17) is 4.74 Å². The van der Waals surface area contributed by atoms with E-state index in [1.807, 2.05) is 0 Å². The number of amides is 1. The Morgan fingerprint density at radius 1 is 1.10 bits per heavy atom. The fraction of sp³-hybridized carbons (Fsp3) is 0. The summed E-state index contributed by atoms with van der Waals surface area (Å²) in [5, 5.41) is 0. The summed E-state index contributed by atoms with van der Waals surface area (Å²) in [7, 11) is 0. The van der Waals surface area contributed by atoms with E-state index in [2.05, 4.69) is 15.9 Å². The zero-order chi connectivity index (χ0) is 14.1. The minimum atomic E-state index is -0.811. The van der Waals surface area contributed by atoms with Crippen molar-refractivity contribution < 1.29 is 13.9 Å². The molecule has 0 unspecified atom stereocenters. The number of benzene rings is 2. The van der Waals surface area contributed by atoms with E-state index >= 15 is 0 Å². The highest BCUT2D eigenvalue weighted by molar-refractivity contribution is 9.10. The smallest absolute Gasteiger partial charge is 0.295 e. The Labute approximate surface area is 123 Å². The number of nitrogens with zero attached hydrogens (tertiary/aromatic N) is 1. The minimum Gasteiger partial charge on any atom is -0.428 e. The van der Waals surface area contributed by atoms with Crippen molar-refractivity contribution >= 4 is 27.5 Å². The van der Waals surface area contributed by atoms with Crippen molar-refractivity contribution in [3.8, 4) is 5.75 Å². The molecule has 100 valence electrons. The van der Waals surface area contributed by atoms with Crippen LogP contribution in [0, 0.1) is 0 Å². The minimum absolute atomic E-state index is 0.316. The Morgan fingerprint density at radius 2 is 1.80 bits per heavy atom. The molecule has 0 aliphatic carbocycles. The fourth-order valence-electron chi connectivity index (χ4n) is 1.94. The normalized spacial score (nSPS) is 13.3. The summed E-state index contributed by atoms with van der Waals surface area (Å²) in [4.78, 5) is 13.7. The number of para-hydroxylation sites is 2. The molecule has 5 heteroatoms. The van der Waals surface area contributed by atoms with Crippen LogP contribution in [0.1, 0.15) is 10.4 Å². The molecule has 0 saturated carbocycles. The van der Waals surface area contributed by atoms with Crippen LogP contribution in [0.25, 0.3) is 0 Å². The molecule has 0 aromatic heterocycles. The number of carbonyl (C=O) groups is 1. The molecular weight excluding hydrogens is 325 g/mol. The standard InChI is InChI=1S/C15H9BrFNO2/c16-11-7-5-10(6-8-11)15(19)18-9-14(17)20-13-4-2-1-3-12(13)18/h1-9H. The summed E-state index contributed by atoms with van der Waals surface area (Å²) in [5.41, 5.74) is 0.982. The molecule has 0 spiro atoms. The van der Waals surface area contributed by atoms with Gasteiger partial charge in [0, 0.05) is 10.0 Å². The third-order valence-corrected chi connectivity index (χ3v) is 3.40. The summed E-state index contributed by atoms with van der Waals surface area (Å²) >= 11 is 3.31. The maximum atomic E-state index is 13.5. The summed E-state index contributed by atoms with van der Waals surface area (Å²) < 4.78 is 19.3. The number of ether oxygens (including phenoxy) is 1. The number of rotatable bonds is 1. The quantitative estimate of drug-likeness (QED) is 0.780. The van der Waals surface area contributed by atoms with Crippen molar-refractivity contribution in [1.82, 2.24) is 0 Å². The molecule has 2 aromatic rings. The average molecular weight is 334 g/mol. The average Bonchev–Trinajstić information content (AvgIpc) is 2.46. The molecule has 3 rings (SSSR count). The van der Waals surface area contributed by atoms with Gasteiger partial charge in [-0.05, 0) is 36.4 Å². The van der Waals surface area contributed by atoms with Crippen molar-refractivity contribution in [2.75, 3.05) is 4.90 Å². The third-order valence-electron chi connectivity index (χ3n) is 2.87. The van der Waals surface area contributed by atoms with Gasteiger partial charge in [-0.25, -0.2) is 0 Å². The van der Waals surface area contributed by atoms with Gasteiger partial charge in [0.1, 0.15) is 0 Å². The van der Waals surface area contributed by atoms with E-state index in [1.54, 1.807) is 48.5 Å². The number of hydrogen-bond donors (Lipinski definition) is 0. The van der Waals surface area contributed by atoms with E-state index in [1.165, 1.54) is 4.90 Å². The van der Waals surface area contributed by atoms with Crippen molar-refractivity contribution in [2.24, 2.45) is 0 Å². The lowest BCUT2D eigenvalue weighted by Crippen LogP contribution is -2.28. The van der Waals surface area contributed by atoms with Crippen LogP contribution in [0.5, 0.6) is 5.75 Å². The van der Waals surface area contributed by atoms with Gasteiger partial charge in [-0.3, -0.25) is 9.69 Å². The molecule has 0 N–H and O–H groups in total.